The molecule has 0 saturated carbocycles. The van der Waals surface area contributed by atoms with E-state index in [0.717, 1.165) is 16.7 Å². The van der Waals surface area contributed by atoms with E-state index in [-0.39, 0.29) is 5.91 Å². The van der Waals surface area contributed by atoms with E-state index in [0.29, 0.717) is 26.3 Å². The summed E-state index contributed by atoms with van der Waals surface area (Å²) in [7, 11) is 3.00. The molecule has 5 nitrogen and oxygen atoms in total. The van der Waals surface area contributed by atoms with Crippen LogP contribution < -0.4 is 11.5 Å². The molecule has 2 aromatic rings. The number of benzene rings is 2. The maximum Gasteiger partial charge on any atom is 0.254 e. The van der Waals surface area contributed by atoms with Gasteiger partial charge in [0.2, 0.25) is 0 Å². The quantitative estimate of drug-likeness (QED) is 0.518. The Labute approximate surface area is 214 Å². The van der Waals surface area contributed by atoms with Gasteiger partial charge in [-0.3, -0.25) is 4.79 Å². The maximum absolute atomic E-state index is 12.3. The van der Waals surface area contributed by atoms with Crippen molar-refractivity contribution in [3.05, 3.63) is 96.6 Å². The zero-order valence-electron chi connectivity index (χ0n) is 22.7. The van der Waals surface area contributed by atoms with Crippen LogP contribution in [0.3, 0.4) is 0 Å². The van der Waals surface area contributed by atoms with E-state index in [9.17, 15) is 4.79 Å². The molecule has 1 heterocycles. The van der Waals surface area contributed by atoms with E-state index < -0.39 is 0 Å². The van der Waals surface area contributed by atoms with Crippen molar-refractivity contribution in [2.24, 2.45) is 11.5 Å². The van der Waals surface area contributed by atoms with Gasteiger partial charge in [-0.05, 0) is 51.2 Å². The van der Waals surface area contributed by atoms with Gasteiger partial charge >= 0.3 is 0 Å². The van der Waals surface area contributed by atoms with Gasteiger partial charge in [0, 0.05) is 18.7 Å². The Bertz CT molecular complexity index is 818. The van der Waals surface area contributed by atoms with Crippen molar-refractivity contribution in [2.75, 3.05) is 40.4 Å². The number of nitrogens with zero attached hydrogens (tertiary/aromatic N) is 1. The summed E-state index contributed by atoms with van der Waals surface area (Å²) in [6.45, 7) is 14.5. The highest BCUT2D eigenvalue weighted by Crippen LogP contribution is 2.20. The van der Waals surface area contributed by atoms with E-state index in [2.05, 4.69) is 57.9 Å². The Morgan fingerprint density at radius 2 is 1.37 bits per heavy atom. The second-order valence-corrected chi connectivity index (χ2v) is 7.42. The predicted octanol–water partition coefficient (Wildman–Crippen LogP) is 6.09. The second kappa shape index (κ2) is 24.1. The van der Waals surface area contributed by atoms with Gasteiger partial charge in [-0.2, -0.15) is 0 Å². The summed E-state index contributed by atoms with van der Waals surface area (Å²) >= 11 is 0. The van der Waals surface area contributed by atoms with Crippen LogP contribution in [-0.2, 0) is 4.74 Å². The second-order valence-electron chi connectivity index (χ2n) is 7.42. The first-order valence-corrected chi connectivity index (χ1v) is 12.1. The number of amides is 1. The molecule has 1 aliphatic rings. The smallest absolute Gasteiger partial charge is 0.254 e. The van der Waals surface area contributed by atoms with Gasteiger partial charge in [0.15, 0.2) is 0 Å². The van der Waals surface area contributed by atoms with Gasteiger partial charge in [0.05, 0.1) is 13.2 Å². The molecule has 3 rings (SSSR count). The van der Waals surface area contributed by atoms with Crippen molar-refractivity contribution < 1.29 is 9.53 Å². The normalized spacial score (nSPS) is 11.6. The number of carbonyl (C=O) groups is 1. The van der Waals surface area contributed by atoms with Crippen LogP contribution in [0.25, 0.3) is 11.1 Å². The topological polar surface area (TPSA) is 81.6 Å². The number of morpholine rings is 1. The molecule has 4 N–H and O–H groups in total. The number of ether oxygens (including phenoxy) is 1. The summed E-state index contributed by atoms with van der Waals surface area (Å²) < 4.78 is 5.27. The summed E-state index contributed by atoms with van der Waals surface area (Å²) in [5.41, 5.74) is 13.3. The van der Waals surface area contributed by atoms with E-state index in [1.165, 1.54) is 26.1 Å². The lowest BCUT2D eigenvalue weighted by Gasteiger charge is -2.26. The summed E-state index contributed by atoms with van der Waals surface area (Å²) in [4.78, 5) is 14.2. The minimum Gasteiger partial charge on any atom is -0.378 e. The van der Waals surface area contributed by atoms with Crippen molar-refractivity contribution >= 4 is 5.91 Å². The van der Waals surface area contributed by atoms with Crippen LogP contribution in [0.1, 0.15) is 44.5 Å². The minimum atomic E-state index is 0.0907. The Hall–Kier alpha value is -2.99. The third-order valence-electron chi connectivity index (χ3n) is 4.21. The predicted molar refractivity (Wildman–Crippen MR) is 154 cm³/mol. The molecule has 0 bridgehead atoms. The molecular weight excluding hydrogens is 434 g/mol. The summed E-state index contributed by atoms with van der Waals surface area (Å²) in [5, 5.41) is 0. The van der Waals surface area contributed by atoms with Crippen LogP contribution >= 0.6 is 0 Å². The van der Waals surface area contributed by atoms with E-state index in [1.54, 1.807) is 6.08 Å². The van der Waals surface area contributed by atoms with Gasteiger partial charge in [0.25, 0.3) is 5.91 Å². The molecule has 2 aromatic carbocycles. The highest BCUT2D eigenvalue weighted by molar-refractivity contribution is 5.94. The lowest BCUT2D eigenvalue weighted by Crippen LogP contribution is -2.40. The highest BCUT2D eigenvalue weighted by atomic mass is 16.5. The molecule has 0 spiro atoms. The maximum atomic E-state index is 12.3. The first-order valence-electron chi connectivity index (χ1n) is 12.1. The average Bonchev–Trinajstić information content (AvgIpc) is 2.92. The van der Waals surface area contributed by atoms with Crippen LogP contribution in [0.4, 0.5) is 0 Å². The molecule has 1 aliphatic heterocycles. The number of hydrogen-bond acceptors (Lipinski definition) is 4. The Morgan fingerprint density at radius 3 is 1.83 bits per heavy atom. The SMILES string of the molecule is C=C/C=C\C=C(C)C.CCC.CN.CN.O=C(c1ccc(-c2ccccc2)cc1)N1CCOCC1. The highest BCUT2D eigenvalue weighted by Gasteiger charge is 2.18. The van der Waals surface area contributed by atoms with Crippen LogP contribution in [0.15, 0.2) is 91.1 Å². The number of allylic oxidation sites excluding steroid dienone is 5. The molecular formula is C30H47N3O2. The third-order valence-corrected chi connectivity index (χ3v) is 4.21. The van der Waals surface area contributed by atoms with Gasteiger partial charge in [-0.15, -0.1) is 0 Å². The van der Waals surface area contributed by atoms with Crippen LogP contribution in [-0.4, -0.2) is 51.2 Å². The number of carbonyl (C=O) groups excluding carboxylic acids is 1. The van der Waals surface area contributed by atoms with E-state index >= 15 is 0 Å². The fourth-order valence-electron chi connectivity index (χ4n) is 2.71. The number of rotatable bonds is 4. The fraction of sp³-hybridized carbons (Fsp3) is 0.367. The van der Waals surface area contributed by atoms with Crippen molar-refractivity contribution in [1.29, 1.82) is 0 Å². The lowest BCUT2D eigenvalue weighted by molar-refractivity contribution is 0.0303. The number of nitrogens with two attached hydrogens (primary N) is 2. The molecule has 1 fully saturated rings. The molecule has 1 amide bonds. The first-order chi connectivity index (χ1) is 17.0. The molecule has 5 heteroatoms. The summed E-state index contributed by atoms with van der Waals surface area (Å²) in [5.74, 6) is 0.0907. The van der Waals surface area contributed by atoms with Crippen molar-refractivity contribution in [3.63, 3.8) is 0 Å². The van der Waals surface area contributed by atoms with E-state index in [4.69, 9.17) is 4.74 Å². The largest absolute Gasteiger partial charge is 0.378 e. The molecule has 0 atom stereocenters. The van der Waals surface area contributed by atoms with Crippen molar-refractivity contribution in [2.45, 2.75) is 34.1 Å². The molecule has 1 saturated heterocycles. The van der Waals surface area contributed by atoms with Crippen LogP contribution in [0.5, 0.6) is 0 Å². The van der Waals surface area contributed by atoms with Crippen LogP contribution in [0, 0.1) is 0 Å². The van der Waals surface area contributed by atoms with Gasteiger partial charge in [0.1, 0.15) is 0 Å². The number of hydrogen-bond donors (Lipinski definition) is 2. The first kappa shape index (κ1) is 34.2. The Kier molecular flexibility index (Phi) is 23.6. The minimum absolute atomic E-state index is 0.0907. The average molecular weight is 482 g/mol. The van der Waals surface area contributed by atoms with Crippen molar-refractivity contribution in [3.8, 4) is 11.1 Å². The Balaban J connectivity index is 0. The van der Waals surface area contributed by atoms with Crippen LogP contribution in [0.2, 0.25) is 0 Å². The Morgan fingerprint density at radius 1 is 0.886 bits per heavy atom. The van der Waals surface area contributed by atoms with Crippen molar-refractivity contribution in [1.82, 2.24) is 4.90 Å². The summed E-state index contributed by atoms with van der Waals surface area (Å²) in [6, 6.07) is 18.0. The fourth-order valence-corrected chi connectivity index (χ4v) is 2.71. The molecule has 0 aromatic heterocycles. The molecule has 0 aliphatic carbocycles. The third kappa shape index (κ3) is 16.3. The van der Waals surface area contributed by atoms with Gasteiger partial charge in [-0.25, -0.2) is 0 Å². The zero-order chi connectivity index (χ0) is 26.9. The lowest BCUT2D eigenvalue weighted by atomic mass is 10.0. The van der Waals surface area contributed by atoms with Gasteiger partial charge < -0.3 is 21.1 Å². The standard InChI is InChI=1S/C17H17NO2.C8H12.C3H8.2CH5N/c19-17(18-10-12-20-13-11-18)16-8-6-15(7-9-16)14-4-2-1-3-5-14;1-4-5-6-7-8(2)3;1-3-2;2*1-2/h1-9H,10-13H2;4-7H,1H2,2-3H3;3H2,1-2H3;2*2H2,1H3/b;6-5-;;;. The molecule has 0 radical (unpaired) electrons. The molecule has 194 valence electrons. The van der Waals surface area contributed by atoms with E-state index in [1.807, 2.05) is 65.6 Å². The van der Waals surface area contributed by atoms with Gasteiger partial charge in [-0.1, -0.05) is 99.2 Å². The summed E-state index contributed by atoms with van der Waals surface area (Å²) in [6.07, 6.45) is 8.94. The molecule has 35 heavy (non-hydrogen) atoms. The molecule has 0 unspecified atom stereocenters. The monoisotopic (exact) mass is 481 g/mol. The zero-order valence-corrected chi connectivity index (χ0v) is 22.7.